The van der Waals surface area contributed by atoms with E-state index in [-0.39, 0.29) is 28.9 Å². The molecule has 1 aromatic rings. The minimum absolute atomic E-state index is 0.0925. The molecule has 0 unspecified atom stereocenters. The average molecular weight is 411 g/mol. The van der Waals surface area contributed by atoms with Crippen molar-refractivity contribution >= 4 is 15.9 Å². The van der Waals surface area contributed by atoms with Gasteiger partial charge in [-0.1, -0.05) is 32.1 Å². The smallest absolute Gasteiger partial charge is 0.262 e. The Kier molecular flexibility index (Phi) is 7.15. The van der Waals surface area contributed by atoms with E-state index in [0.717, 1.165) is 12.8 Å². The topological polar surface area (TPSA) is 84.3 Å². The van der Waals surface area contributed by atoms with E-state index in [1.807, 2.05) is 13.8 Å². The van der Waals surface area contributed by atoms with E-state index >= 15 is 0 Å². The highest BCUT2D eigenvalue weighted by molar-refractivity contribution is 7.89. The summed E-state index contributed by atoms with van der Waals surface area (Å²) in [6.45, 7) is 4.72. The molecule has 0 spiro atoms. The van der Waals surface area contributed by atoms with Crippen LogP contribution in [0.25, 0.3) is 0 Å². The fraction of sp³-hybridized carbons (Fsp3) is 0.800. The third kappa shape index (κ3) is 5.14. The zero-order valence-electron chi connectivity index (χ0n) is 17.1. The molecule has 28 heavy (non-hydrogen) atoms. The van der Waals surface area contributed by atoms with Crippen LogP contribution in [0.2, 0.25) is 0 Å². The first-order valence-electron chi connectivity index (χ1n) is 10.7. The molecule has 1 N–H and O–H groups in total. The Balaban J connectivity index is 1.53. The van der Waals surface area contributed by atoms with Crippen LogP contribution in [-0.2, 0) is 14.8 Å². The number of rotatable bonds is 5. The predicted octanol–water partition coefficient (Wildman–Crippen LogP) is 3.09. The Labute approximate surface area is 168 Å². The van der Waals surface area contributed by atoms with E-state index in [9.17, 15) is 13.2 Å². The lowest BCUT2D eigenvalue weighted by atomic mass is 9.94. The maximum Gasteiger partial charge on any atom is 0.262 e. The van der Waals surface area contributed by atoms with Crippen LogP contribution in [0, 0.1) is 5.92 Å². The molecule has 2 aliphatic rings. The SMILES string of the molecule is CC(C)n1cnc(S(=O)(=O)N2CCC(C(=O)NC3CCCCCCC3)CC2)c1. The van der Waals surface area contributed by atoms with Gasteiger partial charge in [0.25, 0.3) is 10.0 Å². The van der Waals surface area contributed by atoms with Crippen molar-refractivity contribution in [3.8, 4) is 0 Å². The lowest BCUT2D eigenvalue weighted by Crippen LogP contribution is -2.45. The van der Waals surface area contributed by atoms with Crippen molar-refractivity contribution in [2.75, 3.05) is 13.1 Å². The van der Waals surface area contributed by atoms with Gasteiger partial charge in [0.1, 0.15) is 0 Å². The van der Waals surface area contributed by atoms with Gasteiger partial charge in [0.15, 0.2) is 5.03 Å². The summed E-state index contributed by atoms with van der Waals surface area (Å²) in [5, 5.41) is 3.33. The molecule has 1 aliphatic carbocycles. The number of hydrogen-bond acceptors (Lipinski definition) is 4. The molecule has 0 bridgehead atoms. The summed E-state index contributed by atoms with van der Waals surface area (Å²) in [6.07, 6.45) is 12.6. The van der Waals surface area contributed by atoms with E-state index in [4.69, 9.17) is 0 Å². The molecule has 0 aromatic carbocycles. The van der Waals surface area contributed by atoms with Crippen LogP contribution >= 0.6 is 0 Å². The van der Waals surface area contributed by atoms with Crippen molar-refractivity contribution < 1.29 is 13.2 Å². The van der Waals surface area contributed by atoms with Crippen molar-refractivity contribution in [1.82, 2.24) is 19.2 Å². The number of nitrogens with zero attached hydrogens (tertiary/aromatic N) is 3. The highest BCUT2D eigenvalue weighted by Gasteiger charge is 2.33. The number of nitrogens with one attached hydrogen (secondary N) is 1. The lowest BCUT2D eigenvalue weighted by Gasteiger charge is -2.31. The number of carbonyl (C=O) groups excluding carboxylic acids is 1. The summed E-state index contributed by atoms with van der Waals surface area (Å²) >= 11 is 0. The van der Waals surface area contributed by atoms with E-state index in [1.165, 1.54) is 36.4 Å². The third-order valence-electron chi connectivity index (χ3n) is 6.05. The fourth-order valence-electron chi connectivity index (χ4n) is 4.14. The van der Waals surface area contributed by atoms with E-state index in [2.05, 4.69) is 10.3 Å². The van der Waals surface area contributed by atoms with Gasteiger partial charge in [-0.25, -0.2) is 13.4 Å². The Morgan fingerprint density at radius 1 is 1.07 bits per heavy atom. The Morgan fingerprint density at radius 2 is 1.68 bits per heavy atom. The second-order valence-corrected chi connectivity index (χ2v) is 10.4. The average Bonchev–Trinajstić information content (AvgIpc) is 3.15. The Bertz CT molecular complexity index is 743. The molecule has 7 nitrogen and oxygen atoms in total. The van der Waals surface area contributed by atoms with Crippen LogP contribution in [0.15, 0.2) is 17.6 Å². The molecule has 1 aliphatic heterocycles. The normalized spacial score (nSPS) is 21.4. The zero-order chi connectivity index (χ0) is 20.1. The highest BCUT2D eigenvalue weighted by atomic mass is 32.2. The molecule has 1 aromatic heterocycles. The predicted molar refractivity (Wildman–Crippen MR) is 108 cm³/mol. The molecule has 2 fully saturated rings. The summed E-state index contributed by atoms with van der Waals surface area (Å²) in [4.78, 5) is 16.8. The van der Waals surface area contributed by atoms with Crippen molar-refractivity contribution in [3.63, 3.8) is 0 Å². The van der Waals surface area contributed by atoms with Crippen molar-refractivity contribution in [1.29, 1.82) is 0 Å². The van der Waals surface area contributed by atoms with Crippen LogP contribution in [0.5, 0.6) is 0 Å². The molecular weight excluding hydrogens is 376 g/mol. The highest BCUT2D eigenvalue weighted by Crippen LogP contribution is 2.25. The quantitative estimate of drug-likeness (QED) is 0.808. The molecule has 0 radical (unpaired) electrons. The number of sulfonamides is 1. The van der Waals surface area contributed by atoms with Crippen LogP contribution in [0.4, 0.5) is 0 Å². The monoisotopic (exact) mass is 410 g/mol. The summed E-state index contributed by atoms with van der Waals surface area (Å²) in [6, 6.07) is 0.453. The molecule has 1 saturated carbocycles. The number of aromatic nitrogens is 2. The van der Waals surface area contributed by atoms with Gasteiger partial charge in [0.05, 0.1) is 6.33 Å². The Hall–Kier alpha value is -1.41. The van der Waals surface area contributed by atoms with Gasteiger partial charge in [0.2, 0.25) is 5.91 Å². The minimum Gasteiger partial charge on any atom is -0.353 e. The van der Waals surface area contributed by atoms with Crippen LogP contribution < -0.4 is 5.32 Å². The van der Waals surface area contributed by atoms with Crippen LogP contribution in [-0.4, -0.2) is 47.3 Å². The Morgan fingerprint density at radius 3 is 2.25 bits per heavy atom. The first kappa shape index (κ1) is 21.3. The molecule has 8 heteroatoms. The number of piperidine rings is 1. The number of hydrogen-bond donors (Lipinski definition) is 1. The summed E-state index contributed by atoms with van der Waals surface area (Å²) in [5.41, 5.74) is 0. The molecule has 1 saturated heterocycles. The number of amides is 1. The zero-order valence-corrected chi connectivity index (χ0v) is 18.0. The van der Waals surface area contributed by atoms with Crippen molar-refractivity contribution in [3.05, 3.63) is 12.5 Å². The minimum atomic E-state index is -3.59. The molecule has 0 atom stereocenters. The van der Waals surface area contributed by atoms with E-state index < -0.39 is 10.0 Å². The standard InChI is InChI=1S/C20H34N4O3S/c1-16(2)23-14-19(21-15-23)28(26,27)24-12-10-17(11-13-24)20(25)22-18-8-6-4-3-5-7-9-18/h14-18H,3-13H2,1-2H3,(H,22,25). The maximum atomic E-state index is 12.8. The van der Waals surface area contributed by atoms with E-state index in [0.29, 0.717) is 25.9 Å². The molecular formula is C20H34N4O3S. The molecule has 1 amide bonds. The molecule has 2 heterocycles. The lowest BCUT2D eigenvalue weighted by molar-refractivity contribution is -0.127. The first-order valence-corrected chi connectivity index (χ1v) is 12.2. The third-order valence-corrected chi connectivity index (χ3v) is 7.84. The maximum absolute atomic E-state index is 12.8. The van der Waals surface area contributed by atoms with Crippen LogP contribution in [0.3, 0.4) is 0 Å². The van der Waals surface area contributed by atoms with Gasteiger partial charge in [0, 0.05) is 37.3 Å². The van der Waals surface area contributed by atoms with Crippen molar-refractivity contribution in [2.45, 2.75) is 88.7 Å². The fourth-order valence-corrected chi connectivity index (χ4v) is 5.53. The summed E-state index contributed by atoms with van der Waals surface area (Å²) < 4.78 is 28.9. The van der Waals surface area contributed by atoms with Crippen LogP contribution in [0.1, 0.15) is 77.7 Å². The second-order valence-electron chi connectivity index (χ2n) is 8.48. The largest absolute Gasteiger partial charge is 0.353 e. The number of carbonyl (C=O) groups is 1. The van der Waals surface area contributed by atoms with E-state index in [1.54, 1.807) is 17.1 Å². The van der Waals surface area contributed by atoms with Crippen molar-refractivity contribution in [2.24, 2.45) is 5.92 Å². The van der Waals surface area contributed by atoms with Gasteiger partial charge in [-0.2, -0.15) is 4.31 Å². The molecule has 3 rings (SSSR count). The van der Waals surface area contributed by atoms with Gasteiger partial charge in [-0.3, -0.25) is 4.79 Å². The van der Waals surface area contributed by atoms with Gasteiger partial charge in [-0.15, -0.1) is 0 Å². The summed E-state index contributed by atoms with van der Waals surface area (Å²) in [7, 11) is -3.59. The van der Waals surface area contributed by atoms with Gasteiger partial charge in [-0.05, 0) is 39.5 Å². The second kappa shape index (κ2) is 9.39. The molecule has 158 valence electrons. The van der Waals surface area contributed by atoms with Gasteiger partial charge < -0.3 is 9.88 Å². The number of imidazole rings is 1. The summed E-state index contributed by atoms with van der Waals surface area (Å²) in [5.74, 6) is 0.0109. The van der Waals surface area contributed by atoms with Gasteiger partial charge >= 0.3 is 0 Å². The first-order chi connectivity index (χ1) is 13.4.